The third-order valence-electron chi connectivity index (χ3n) is 10.6. The summed E-state index contributed by atoms with van der Waals surface area (Å²) in [6.07, 6.45) is 0. The zero-order valence-corrected chi connectivity index (χ0v) is 25.7. The third-order valence-corrected chi connectivity index (χ3v) is 10.6. The van der Waals surface area contributed by atoms with Gasteiger partial charge in [-0.2, -0.15) is 0 Å². The molecule has 0 atom stereocenters. The molecule has 2 aliphatic carbocycles. The van der Waals surface area contributed by atoms with Crippen LogP contribution in [0.25, 0.3) is 66.1 Å². The molecule has 2 aliphatic rings. The van der Waals surface area contributed by atoms with E-state index in [0.29, 0.717) is 0 Å². The van der Waals surface area contributed by atoms with Crippen molar-refractivity contribution in [1.82, 2.24) is 0 Å². The van der Waals surface area contributed by atoms with Crippen molar-refractivity contribution in [2.75, 3.05) is 0 Å². The molecule has 210 valence electrons. The van der Waals surface area contributed by atoms with Crippen molar-refractivity contribution >= 4 is 21.5 Å². The normalized spacial score (nSPS) is 15.2. The number of fused-ring (bicyclic) bond motifs is 8. The predicted octanol–water partition coefficient (Wildman–Crippen LogP) is 11.9. The lowest BCUT2D eigenvalue weighted by molar-refractivity contribution is 0.660. The summed E-state index contributed by atoms with van der Waals surface area (Å²) in [4.78, 5) is 0. The molecule has 0 N–H and O–H groups in total. The maximum Gasteiger partial charge on any atom is 0.0159 e. The average molecular weight is 563 g/mol. The van der Waals surface area contributed by atoms with Gasteiger partial charge in [0.2, 0.25) is 0 Å². The van der Waals surface area contributed by atoms with Gasteiger partial charge in [0.25, 0.3) is 0 Å². The first-order chi connectivity index (χ1) is 21.3. The highest BCUT2D eigenvalue weighted by atomic mass is 14.4. The van der Waals surface area contributed by atoms with Gasteiger partial charge in [0, 0.05) is 10.8 Å². The second kappa shape index (κ2) is 8.80. The lowest BCUT2D eigenvalue weighted by Gasteiger charge is -2.23. The van der Waals surface area contributed by atoms with E-state index in [1.54, 1.807) is 0 Å². The van der Waals surface area contributed by atoms with Gasteiger partial charge in [-0.25, -0.2) is 0 Å². The van der Waals surface area contributed by atoms with Gasteiger partial charge in [0.1, 0.15) is 0 Å². The van der Waals surface area contributed by atoms with Crippen LogP contribution < -0.4 is 0 Å². The molecule has 9 rings (SSSR count). The van der Waals surface area contributed by atoms with E-state index >= 15 is 0 Å². The first-order valence-electron chi connectivity index (χ1n) is 15.8. The zero-order valence-electron chi connectivity index (χ0n) is 25.7. The molecule has 0 bridgehead atoms. The highest BCUT2D eigenvalue weighted by Crippen LogP contribution is 2.53. The Morgan fingerprint density at radius 2 is 0.682 bits per heavy atom. The molecule has 0 heteroatoms. The maximum absolute atomic E-state index is 2.47. The Bertz CT molecular complexity index is 2330. The van der Waals surface area contributed by atoms with E-state index in [2.05, 4.69) is 161 Å². The molecule has 0 saturated heterocycles. The van der Waals surface area contributed by atoms with Gasteiger partial charge in [-0.15, -0.1) is 0 Å². The van der Waals surface area contributed by atoms with Crippen LogP contribution in [0.3, 0.4) is 0 Å². The standard InChI is InChI=1S/C44H34/c1-43(2)39-16-10-9-15-33(39)34-19-17-31(25-40(34)43)36-21-27-11-5-6-12-28(27)22-37(36)32-18-20-35-38-23-29-13-7-8-14-30(29)24-42(38)44(3,4)41(35)26-32/h5-26H,1-4H3. The maximum atomic E-state index is 2.47. The van der Waals surface area contributed by atoms with Crippen LogP contribution in [0.2, 0.25) is 0 Å². The molecule has 7 aromatic rings. The van der Waals surface area contributed by atoms with Gasteiger partial charge in [-0.1, -0.05) is 125 Å². The van der Waals surface area contributed by atoms with Crippen LogP contribution in [0.1, 0.15) is 49.9 Å². The fourth-order valence-corrected chi connectivity index (χ4v) is 8.18. The molecule has 0 spiro atoms. The molecule has 0 aromatic heterocycles. The van der Waals surface area contributed by atoms with Crippen molar-refractivity contribution < 1.29 is 0 Å². The molecule has 7 aromatic carbocycles. The van der Waals surface area contributed by atoms with Crippen molar-refractivity contribution in [3.8, 4) is 44.5 Å². The van der Waals surface area contributed by atoms with Crippen LogP contribution in [-0.4, -0.2) is 0 Å². The summed E-state index contributed by atoms with van der Waals surface area (Å²) in [5.74, 6) is 0. The van der Waals surface area contributed by atoms with Crippen LogP contribution in [-0.2, 0) is 10.8 Å². The average Bonchev–Trinajstić information content (AvgIpc) is 3.41. The lowest BCUT2D eigenvalue weighted by atomic mass is 9.80. The minimum Gasteiger partial charge on any atom is -0.0619 e. The zero-order chi connectivity index (χ0) is 29.8. The Balaban J connectivity index is 1.25. The monoisotopic (exact) mass is 562 g/mol. The molecule has 44 heavy (non-hydrogen) atoms. The van der Waals surface area contributed by atoms with Crippen LogP contribution in [0.4, 0.5) is 0 Å². The highest BCUT2D eigenvalue weighted by Gasteiger charge is 2.37. The Morgan fingerprint density at radius 3 is 1.25 bits per heavy atom. The SMILES string of the molecule is CC1(C)c2ccccc2-c2ccc(-c3cc4ccccc4cc3-c3ccc4c(c3)C(C)(C)c3cc5ccccc5cc3-4)cc21. The number of benzene rings is 7. The van der Waals surface area contributed by atoms with Gasteiger partial charge < -0.3 is 0 Å². The van der Waals surface area contributed by atoms with E-state index < -0.39 is 0 Å². The number of rotatable bonds is 2. The molecular weight excluding hydrogens is 528 g/mol. The third kappa shape index (κ3) is 3.46. The molecule has 0 fully saturated rings. The quantitative estimate of drug-likeness (QED) is 0.197. The Morgan fingerprint density at radius 1 is 0.295 bits per heavy atom. The first-order valence-corrected chi connectivity index (χ1v) is 15.8. The first kappa shape index (κ1) is 25.5. The Labute approximate surface area is 259 Å². The predicted molar refractivity (Wildman–Crippen MR) is 187 cm³/mol. The topological polar surface area (TPSA) is 0 Å². The smallest absolute Gasteiger partial charge is 0.0159 e. The Hall–Kier alpha value is -4.94. The van der Waals surface area contributed by atoms with E-state index in [1.165, 1.54) is 88.3 Å². The molecule has 0 amide bonds. The summed E-state index contributed by atoms with van der Waals surface area (Å²) < 4.78 is 0. The molecule has 0 unspecified atom stereocenters. The van der Waals surface area contributed by atoms with Gasteiger partial charge in [-0.3, -0.25) is 0 Å². The van der Waals surface area contributed by atoms with Gasteiger partial charge >= 0.3 is 0 Å². The van der Waals surface area contributed by atoms with Crippen LogP contribution >= 0.6 is 0 Å². The lowest BCUT2D eigenvalue weighted by Crippen LogP contribution is -2.15. The molecule has 0 aliphatic heterocycles. The van der Waals surface area contributed by atoms with Crippen molar-refractivity contribution in [2.45, 2.75) is 38.5 Å². The van der Waals surface area contributed by atoms with Gasteiger partial charge in [-0.05, 0) is 125 Å². The largest absolute Gasteiger partial charge is 0.0619 e. The second-order valence-corrected chi connectivity index (χ2v) is 13.8. The van der Waals surface area contributed by atoms with Gasteiger partial charge in [0.05, 0.1) is 0 Å². The summed E-state index contributed by atoms with van der Waals surface area (Å²) in [7, 11) is 0. The molecule has 0 radical (unpaired) electrons. The summed E-state index contributed by atoms with van der Waals surface area (Å²) >= 11 is 0. The fraction of sp³-hybridized carbons (Fsp3) is 0.136. The highest BCUT2D eigenvalue weighted by molar-refractivity contribution is 5.99. The van der Waals surface area contributed by atoms with Crippen LogP contribution in [0, 0.1) is 0 Å². The Kier molecular flexibility index (Phi) is 5.11. The molecule has 0 heterocycles. The summed E-state index contributed by atoms with van der Waals surface area (Å²) in [5.41, 5.74) is 16.1. The minimum absolute atomic E-state index is 0.0359. The summed E-state index contributed by atoms with van der Waals surface area (Å²) in [6, 6.07) is 50.4. The number of hydrogen-bond acceptors (Lipinski definition) is 0. The van der Waals surface area contributed by atoms with E-state index in [1.807, 2.05) is 0 Å². The second-order valence-electron chi connectivity index (χ2n) is 13.8. The van der Waals surface area contributed by atoms with Crippen LogP contribution in [0.15, 0.2) is 133 Å². The summed E-state index contributed by atoms with van der Waals surface area (Å²) in [6.45, 7) is 9.51. The van der Waals surface area contributed by atoms with Crippen molar-refractivity contribution in [2.24, 2.45) is 0 Å². The van der Waals surface area contributed by atoms with E-state index in [4.69, 9.17) is 0 Å². The summed E-state index contributed by atoms with van der Waals surface area (Å²) in [5, 5.41) is 5.16. The van der Waals surface area contributed by atoms with Crippen molar-refractivity contribution in [1.29, 1.82) is 0 Å². The van der Waals surface area contributed by atoms with Gasteiger partial charge in [0.15, 0.2) is 0 Å². The van der Waals surface area contributed by atoms with Crippen molar-refractivity contribution in [3.05, 3.63) is 156 Å². The molecule has 0 nitrogen and oxygen atoms in total. The molecule has 0 saturated carbocycles. The van der Waals surface area contributed by atoms with Crippen LogP contribution in [0.5, 0.6) is 0 Å². The van der Waals surface area contributed by atoms with E-state index in [9.17, 15) is 0 Å². The minimum atomic E-state index is -0.0783. The fourth-order valence-electron chi connectivity index (χ4n) is 8.18. The van der Waals surface area contributed by atoms with Crippen molar-refractivity contribution in [3.63, 3.8) is 0 Å². The number of hydrogen-bond donors (Lipinski definition) is 0. The molecular formula is C44H34. The van der Waals surface area contributed by atoms with E-state index in [-0.39, 0.29) is 10.8 Å². The van der Waals surface area contributed by atoms with E-state index in [0.717, 1.165) is 0 Å².